The van der Waals surface area contributed by atoms with Crippen molar-refractivity contribution in [1.82, 2.24) is 9.78 Å². The Morgan fingerprint density at radius 1 is 1.33 bits per heavy atom. The van der Waals surface area contributed by atoms with Crippen molar-refractivity contribution in [2.24, 2.45) is 7.05 Å². The molecule has 3 nitrogen and oxygen atoms in total. The minimum Gasteiger partial charge on any atom is -0.298 e. The van der Waals surface area contributed by atoms with Crippen molar-refractivity contribution < 1.29 is 4.79 Å². The Morgan fingerprint density at radius 3 is 2.67 bits per heavy atom. The second kappa shape index (κ2) is 4.94. The number of nitrogens with zero attached hydrogens (tertiary/aromatic N) is 2. The minimum absolute atomic E-state index is 0.291. The third kappa shape index (κ3) is 2.31. The molecule has 2 aromatic rings. The fourth-order valence-corrected chi connectivity index (χ4v) is 2.18. The Labute approximate surface area is 111 Å². The number of hydrogen-bond acceptors (Lipinski definition) is 2. The molecule has 0 unspecified atom stereocenters. The molecule has 0 aliphatic carbocycles. The molecule has 0 atom stereocenters. The zero-order chi connectivity index (χ0) is 13.3. The zero-order valence-corrected chi connectivity index (χ0v) is 11.4. The van der Waals surface area contributed by atoms with E-state index < -0.39 is 0 Å². The van der Waals surface area contributed by atoms with Gasteiger partial charge in [-0.05, 0) is 29.7 Å². The number of halogens is 1. The first kappa shape index (κ1) is 12.8. The van der Waals surface area contributed by atoms with E-state index in [1.54, 1.807) is 16.8 Å². The summed E-state index contributed by atoms with van der Waals surface area (Å²) in [5.41, 5.74) is 3.42. The van der Waals surface area contributed by atoms with Gasteiger partial charge in [-0.25, -0.2) is 0 Å². The number of aldehydes is 1. The lowest BCUT2D eigenvalue weighted by Crippen LogP contribution is -1.95. The first-order valence-electron chi connectivity index (χ1n) is 5.81. The Balaban J connectivity index is 2.67. The van der Waals surface area contributed by atoms with E-state index in [2.05, 4.69) is 18.9 Å². The summed E-state index contributed by atoms with van der Waals surface area (Å²) in [4.78, 5) is 11.1. The summed E-state index contributed by atoms with van der Waals surface area (Å²) in [6.45, 7) is 4.16. The van der Waals surface area contributed by atoms with Crippen LogP contribution in [0.4, 0.5) is 0 Å². The van der Waals surface area contributed by atoms with Gasteiger partial charge in [-0.2, -0.15) is 5.10 Å². The maximum absolute atomic E-state index is 11.1. The number of carbonyl (C=O) groups is 1. The predicted molar refractivity (Wildman–Crippen MR) is 73.1 cm³/mol. The lowest BCUT2D eigenvalue weighted by atomic mass is 9.97. The fraction of sp³-hybridized carbons (Fsp3) is 0.286. The second-order valence-corrected chi connectivity index (χ2v) is 5.04. The smallest absolute Gasteiger partial charge is 0.150 e. The van der Waals surface area contributed by atoms with Gasteiger partial charge in [0.1, 0.15) is 0 Å². The first-order valence-corrected chi connectivity index (χ1v) is 6.19. The van der Waals surface area contributed by atoms with Crippen LogP contribution in [0, 0.1) is 0 Å². The van der Waals surface area contributed by atoms with E-state index in [1.165, 1.54) is 0 Å². The largest absolute Gasteiger partial charge is 0.298 e. The van der Waals surface area contributed by atoms with E-state index >= 15 is 0 Å². The molecule has 0 aliphatic heterocycles. The molecule has 1 aromatic carbocycles. The number of aromatic nitrogens is 2. The predicted octanol–water partition coefficient (Wildman–Crippen LogP) is 3.68. The monoisotopic (exact) mass is 262 g/mol. The lowest BCUT2D eigenvalue weighted by molar-refractivity contribution is 0.112. The van der Waals surface area contributed by atoms with Crippen LogP contribution < -0.4 is 0 Å². The molecule has 1 heterocycles. The van der Waals surface area contributed by atoms with E-state index in [-0.39, 0.29) is 0 Å². The summed E-state index contributed by atoms with van der Waals surface area (Å²) in [7, 11) is 1.88. The van der Waals surface area contributed by atoms with Crippen LogP contribution in [0.15, 0.2) is 24.4 Å². The molecule has 0 radical (unpaired) electrons. The quantitative estimate of drug-likeness (QED) is 0.791. The molecule has 0 spiro atoms. The highest BCUT2D eigenvalue weighted by Crippen LogP contribution is 2.31. The summed E-state index contributed by atoms with van der Waals surface area (Å²) in [5.74, 6) is 0.291. The number of rotatable bonds is 3. The van der Waals surface area contributed by atoms with Crippen molar-refractivity contribution in [3.8, 4) is 11.1 Å². The van der Waals surface area contributed by atoms with E-state index in [4.69, 9.17) is 11.6 Å². The molecule has 18 heavy (non-hydrogen) atoms. The Kier molecular flexibility index (Phi) is 3.53. The van der Waals surface area contributed by atoms with Crippen molar-refractivity contribution in [2.75, 3.05) is 0 Å². The zero-order valence-electron chi connectivity index (χ0n) is 10.6. The maximum Gasteiger partial charge on any atom is 0.150 e. The van der Waals surface area contributed by atoms with Gasteiger partial charge in [0.05, 0.1) is 5.69 Å². The molecule has 0 amide bonds. The Bertz CT molecular complexity index is 587. The topological polar surface area (TPSA) is 34.9 Å². The minimum atomic E-state index is 0.291. The van der Waals surface area contributed by atoms with Crippen LogP contribution in [0.2, 0.25) is 5.02 Å². The van der Waals surface area contributed by atoms with Gasteiger partial charge in [0.15, 0.2) is 6.29 Å². The normalized spacial score (nSPS) is 10.9. The van der Waals surface area contributed by atoms with Crippen molar-refractivity contribution in [3.05, 3.63) is 40.7 Å². The van der Waals surface area contributed by atoms with E-state index in [0.717, 1.165) is 23.1 Å². The highest BCUT2D eigenvalue weighted by Gasteiger charge is 2.16. The SMILES string of the molecule is CC(C)c1nn(C)cc1-c1cc(Cl)ccc1C=O. The van der Waals surface area contributed by atoms with Gasteiger partial charge in [-0.15, -0.1) is 0 Å². The molecule has 0 bridgehead atoms. The molecule has 2 rings (SSSR count). The second-order valence-electron chi connectivity index (χ2n) is 4.61. The molecule has 0 N–H and O–H groups in total. The standard InChI is InChI=1S/C14H15ClN2O/c1-9(2)14-13(7-17(3)16-14)12-6-11(15)5-4-10(12)8-18/h4-9H,1-3H3. The molecular weight excluding hydrogens is 248 g/mol. The Hall–Kier alpha value is -1.61. The molecule has 4 heteroatoms. The summed E-state index contributed by atoms with van der Waals surface area (Å²) < 4.78 is 1.76. The fourth-order valence-electron chi connectivity index (χ4n) is 2.00. The van der Waals surface area contributed by atoms with Crippen molar-refractivity contribution >= 4 is 17.9 Å². The average Bonchev–Trinajstić information content (AvgIpc) is 2.71. The van der Waals surface area contributed by atoms with Crippen LogP contribution in [0.25, 0.3) is 11.1 Å². The van der Waals surface area contributed by atoms with Gasteiger partial charge < -0.3 is 0 Å². The van der Waals surface area contributed by atoms with Crippen molar-refractivity contribution in [2.45, 2.75) is 19.8 Å². The molecule has 0 fully saturated rings. The highest BCUT2D eigenvalue weighted by atomic mass is 35.5. The third-order valence-corrected chi connectivity index (χ3v) is 3.07. The molecule has 0 aliphatic rings. The number of benzene rings is 1. The van der Waals surface area contributed by atoms with Crippen LogP contribution in [0.3, 0.4) is 0 Å². The lowest BCUT2D eigenvalue weighted by Gasteiger charge is -2.08. The number of aryl methyl sites for hydroxylation is 1. The van der Waals surface area contributed by atoms with Crippen LogP contribution in [-0.4, -0.2) is 16.1 Å². The molecular formula is C14H15ClN2O. The van der Waals surface area contributed by atoms with Gasteiger partial charge in [-0.1, -0.05) is 25.4 Å². The third-order valence-electron chi connectivity index (χ3n) is 2.84. The number of hydrogen-bond donors (Lipinski definition) is 0. The summed E-state index contributed by atoms with van der Waals surface area (Å²) in [6, 6.07) is 5.27. The van der Waals surface area contributed by atoms with Crippen LogP contribution in [0.5, 0.6) is 0 Å². The average molecular weight is 263 g/mol. The number of carbonyl (C=O) groups excluding carboxylic acids is 1. The van der Waals surface area contributed by atoms with E-state index in [9.17, 15) is 4.79 Å². The van der Waals surface area contributed by atoms with Crippen molar-refractivity contribution in [3.63, 3.8) is 0 Å². The maximum atomic E-state index is 11.1. The molecule has 1 aromatic heterocycles. The highest BCUT2D eigenvalue weighted by molar-refractivity contribution is 6.31. The summed E-state index contributed by atoms with van der Waals surface area (Å²) in [5, 5.41) is 5.07. The molecule has 0 saturated carbocycles. The van der Waals surface area contributed by atoms with Crippen molar-refractivity contribution in [1.29, 1.82) is 0 Å². The van der Waals surface area contributed by atoms with Gasteiger partial charge in [0.2, 0.25) is 0 Å². The van der Waals surface area contributed by atoms with Crippen LogP contribution >= 0.6 is 11.6 Å². The summed E-state index contributed by atoms with van der Waals surface area (Å²) >= 11 is 6.02. The van der Waals surface area contributed by atoms with Crippen LogP contribution in [-0.2, 0) is 7.05 Å². The first-order chi connectivity index (χ1) is 8.52. The van der Waals surface area contributed by atoms with E-state index in [0.29, 0.717) is 16.5 Å². The van der Waals surface area contributed by atoms with Gasteiger partial charge in [-0.3, -0.25) is 9.48 Å². The van der Waals surface area contributed by atoms with E-state index in [1.807, 2.05) is 19.3 Å². The van der Waals surface area contributed by atoms with Gasteiger partial charge >= 0.3 is 0 Å². The molecule has 94 valence electrons. The van der Waals surface area contributed by atoms with Gasteiger partial charge in [0.25, 0.3) is 0 Å². The molecule has 0 saturated heterocycles. The Morgan fingerprint density at radius 2 is 2.06 bits per heavy atom. The van der Waals surface area contributed by atoms with Crippen LogP contribution in [0.1, 0.15) is 35.8 Å². The summed E-state index contributed by atoms with van der Waals surface area (Å²) in [6.07, 6.45) is 2.77. The van der Waals surface area contributed by atoms with Gasteiger partial charge in [0, 0.05) is 29.4 Å².